The summed E-state index contributed by atoms with van der Waals surface area (Å²) in [6, 6.07) is 4.95. The van der Waals surface area contributed by atoms with Gasteiger partial charge in [0.2, 0.25) is 0 Å². The molecule has 0 saturated heterocycles. The molecule has 0 spiro atoms. The average molecular weight is 205 g/mol. The summed E-state index contributed by atoms with van der Waals surface area (Å²) in [5.41, 5.74) is 1.65. The zero-order valence-corrected chi connectivity index (χ0v) is 8.55. The number of anilines is 2. The lowest BCUT2D eigenvalue weighted by molar-refractivity contribution is 0.623. The van der Waals surface area contributed by atoms with Gasteiger partial charge >= 0.3 is 0 Å². The van der Waals surface area contributed by atoms with Gasteiger partial charge in [0.1, 0.15) is 17.4 Å². The van der Waals surface area contributed by atoms with E-state index in [1.54, 1.807) is 6.07 Å². The number of nitrogens with zero attached hydrogens (tertiary/aromatic N) is 2. The molecule has 1 aromatic carbocycles. The van der Waals surface area contributed by atoms with E-state index in [0.717, 1.165) is 25.2 Å². The molecule has 0 fully saturated rings. The van der Waals surface area contributed by atoms with Gasteiger partial charge in [-0.1, -0.05) is 0 Å². The van der Waals surface area contributed by atoms with Crippen molar-refractivity contribution in [2.75, 3.05) is 30.4 Å². The van der Waals surface area contributed by atoms with E-state index in [4.69, 9.17) is 5.26 Å². The van der Waals surface area contributed by atoms with Gasteiger partial charge < -0.3 is 10.2 Å². The zero-order valence-electron chi connectivity index (χ0n) is 8.55. The van der Waals surface area contributed by atoms with Crippen LogP contribution in [0.2, 0.25) is 0 Å². The molecule has 0 aromatic heterocycles. The molecule has 3 nitrogen and oxygen atoms in total. The lowest BCUT2D eigenvalue weighted by Gasteiger charge is -2.20. The molecule has 2 rings (SSSR count). The highest BCUT2D eigenvalue weighted by atomic mass is 19.1. The smallest absolute Gasteiger partial charge is 0.143 e. The van der Waals surface area contributed by atoms with Crippen molar-refractivity contribution in [3.63, 3.8) is 0 Å². The summed E-state index contributed by atoms with van der Waals surface area (Å²) in [6.45, 7) is 1.69. The van der Waals surface area contributed by atoms with Crippen LogP contribution in [0.3, 0.4) is 0 Å². The largest absolute Gasteiger partial charge is 0.383 e. The van der Waals surface area contributed by atoms with Crippen LogP contribution in [0.5, 0.6) is 0 Å². The number of nitriles is 1. The average Bonchev–Trinajstić information content (AvgIpc) is 2.41. The summed E-state index contributed by atoms with van der Waals surface area (Å²) in [6.07, 6.45) is 0.984. The summed E-state index contributed by atoms with van der Waals surface area (Å²) < 4.78 is 13.4. The van der Waals surface area contributed by atoms with Gasteiger partial charge in [0.25, 0.3) is 0 Å². The fourth-order valence-corrected chi connectivity index (χ4v) is 1.86. The van der Waals surface area contributed by atoms with Crippen molar-refractivity contribution in [1.82, 2.24) is 0 Å². The lowest BCUT2D eigenvalue weighted by Crippen LogP contribution is -2.19. The van der Waals surface area contributed by atoms with Crippen LogP contribution in [0.25, 0.3) is 0 Å². The Morgan fingerprint density at radius 1 is 1.53 bits per heavy atom. The molecule has 0 bridgehead atoms. The van der Waals surface area contributed by atoms with Gasteiger partial charge in [0.05, 0.1) is 11.4 Å². The molecule has 1 aliphatic heterocycles. The number of hydrogen-bond donors (Lipinski definition) is 1. The predicted octanol–water partition coefficient (Wildman–Crippen LogP) is 1.95. The van der Waals surface area contributed by atoms with Gasteiger partial charge in [-0.25, -0.2) is 4.39 Å². The SMILES string of the molecule is CN1CCCNc2ccc(F)c(C#N)c21. The summed E-state index contributed by atoms with van der Waals surface area (Å²) >= 11 is 0. The molecule has 0 radical (unpaired) electrons. The van der Waals surface area contributed by atoms with Gasteiger partial charge in [0.15, 0.2) is 0 Å². The highest BCUT2D eigenvalue weighted by Gasteiger charge is 2.18. The van der Waals surface area contributed by atoms with Crippen molar-refractivity contribution in [2.45, 2.75) is 6.42 Å². The molecular weight excluding hydrogens is 193 g/mol. The van der Waals surface area contributed by atoms with E-state index >= 15 is 0 Å². The van der Waals surface area contributed by atoms with Crippen molar-refractivity contribution in [3.8, 4) is 6.07 Å². The maximum absolute atomic E-state index is 13.4. The molecular formula is C11H12FN3. The van der Waals surface area contributed by atoms with Crippen molar-refractivity contribution in [3.05, 3.63) is 23.5 Å². The fourth-order valence-electron chi connectivity index (χ4n) is 1.86. The second-order valence-electron chi connectivity index (χ2n) is 3.63. The van der Waals surface area contributed by atoms with Crippen LogP contribution in [-0.4, -0.2) is 20.1 Å². The minimum absolute atomic E-state index is 0.129. The molecule has 15 heavy (non-hydrogen) atoms. The van der Waals surface area contributed by atoms with Gasteiger partial charge in [-0.15, -0.1) is 0 Å². The van der Waals surface area contributed by atoms with Crippen LogP contribution in [0.4, 0.5) is 15.8 Å². The second kappa shape index (κ2) is 3.77. The molecule has 1 aromatic rings. The lowest BCUT2D eigenvalue weighted by atomic mass is 10.1. The normalized spacial score (nSPS) is 14.9. The molecule has 1 N–H and O–H groups in total. The molecule has 0 unspecified atom stereocenters. The first-order valence-electron chi connectivity index (χ1n) is 4.91. The van der Waals surface area contributed by atoms with Crippen molar-refractivity contribution in [1.29, 1.82) is 5.26 Å². The van der Waals surface area contributed by atoms with Crippen LogP contribution in [-0.2, 0) is 0 Å². The van der Waals surface area contributed by atoms with Gasteiger partial charge in [-0.3, -0.25) is 0 Å². The highest BCUT2D eigenvalue weighted by Crippen LogP contribution is 2.32. The molecule has 0 saturated carbocycles. The first-order valence-corrected chi connectivity index (χ1v) is 4.91. The number of halogens is 1. The van der Waals surface area contributed by atoms with E-state index in [-0.39, 0.29) is 5.56 Å². The van der Waals surface area contributed by atoms with E-state index in [9.17, 15) is 4.39 Å². The Morgan fingerprint density at radius 3 is 3.07 bits per heavy atom. The Labute approximate surface area is 88.1 Å². The topological polar surface area (TPSA) is 39.1 Å². The van der Waals surface area contributed by atoms with E-state index in [1.165, 1.54) is 6.07 Å². The molecule has 4 heteroatoms. The summed E-state index contributed by atoms with van der Waals surface area (Å²) in [5.74, 6) is -0.452. The summed E-state index contributed by atoms with van der Waals surface area (Å²) in [5, 5.41) is 12.1. The summed E-state index contributed by atoms with van der Waals surface area (Å²) in [4.78, 5) is 1.93. The Bertz CT molecular complexity index is 423. The monoisotopic (exact) mass is 205 g/mol. The molecule has 0 atom stereocenters. The van der Waals surface area contributed by atoms with Crippen LogP contribution in [0, 0.1) is 17.1 Å². The third-order valence-corrected chi connectivity index (χ3v) is 2.61. The van der Waals surface area contributed by atoms with Crippen molar-refractivity contribution in [2.24, 2.45) is 0 Å². The van der Waals surface area contributed by atoms with Crippen LogP contribution in [0.1, 0.15) is 12.0 Å². The van der Waals surface area contributed by atoms with Gasteiger partial charge in [0, 0.05) is 20.1 Å². The second-order valence-corrected chi connectivity index (χ2v) is 3.63. The number of hydrogen-bond acceptors (Lipinski definition) is 3. The fraction of sp³-hybridized carbons (Fsp3) is 0.364. The molecule has 78 valence electrons. The number of rotatable bonds is 0. The Kier molecular flexibility index (Phi) is 2.46. The molecule has 0 aliphatic carbocycles. The van der Waals surface area contributed by atoms with Crippen LogP contribution in [0.15, 0.2) is 12.1 Å². The Balaban J connectivity index is 2.62. The summed E-state index contributed by atoms with van der Waals surface area (Å²) in [7, 11) is 1.88. The number of fused-ring (bicyclic) bond motifs is 1. The Hall–Kier alpha value is -1.76. The van der Waals surface area contributed by atoms with E-state index in [2.05, 4.69) is 5.32 Å². The van der Waals surface area contributed by atoms with Gasteiger partial charge in [-0.05, 0) is 18.6 Å². The quantitative estimate of drug-likeness (QED) is 0.703. The standard InChI is InChI=1S/C11H12FN3/c1-15-6-2-5-14-10-4-3-9(12)8(7-13)11(10)15/h3-4,14H,2,5-6H2,1H3. The number of benzene rings is 1. The first kappa shape index (κ1) is 9.78. The molecule has 1 aliphatic rings. The minimum atomic E-state index is -0.452. The molecule has 1 heterocycles. The third-order valence-electron chi connectivity index (χ3n) is 2.61. The van der Waals surface area contributed by atoms with E-state index < -0.39 is 5.82 Å². The number of nitrogens with one attached hydrogen (secondary N) is 1. The van der Waals surface area contributed by atoms with E-state index in [1.807, 2.05) is 18.0 Å². The van der Waals surface area contributed by atoms with E-state index in [0.29, 0.717) is 5.69 Å². The highest BCUT2D eigenvalue weighted by molar-refractivity contribution is 5.77. The molecule has 0 amide bonds. The van der Waals surface area contributed by atoms with Crippen molar-refractivity contribution >= 4 is 11.4 Å². The minimum Gasteiger partial charge on any atom is -0.383 e. The maximum atomic E-state index is 13.4. The third kappa shape index (κ3) is 1.61. The maximum Gasteiger partial charge on any atom is 0.143 e. The van der Waals surface area contributed by atoms with Crippen molar-refractivity contribution < 1.29 is 4.39 Å². The predicted molar refractivity (Wildman–Crippen MR) is 57.5 cm³/mol. The zero-order chi connectivity index (χ0) is 10.8. The van der Waals surface area contributed by atoms with Crippen LogP contribution >= 0.6 is 0 Å². The van der Waals surface area contributed by atoms with Gasteiger partial charge in [-0.2, -0.15) is 5.26 Å². The first-order chi connectivity index (χ1) is 7.24. The van der Waals surface area contributed by atoms with Crippen LogP contribution < -0.4 is 10.2 Å². The Morgan fingerprint density at radius 2 is 2.33 bits per heavy atom.